The van der Waals surface area contributed by atoms with Gasteiger partial charge in [0, 0.05) is 11.2 Å². The van der Waals surface area contributed by atoms with Crippen molar-refractivity contribution in [3.63, 3.8) is 0 Å². The quantitative estimate of drug-likeness (QED) is 0.841. The van der Waals surface area contributed by atoms with Gasteiger partial charge in [-0.25, -0.2) is 4.98 Å². The van der Waals surface area contributed by atoms with Crippen molar-refractivity contribution < 1.29 is 4.79 Å². The number of halogens is 1. The van der Waals surface area contributed by atoms with E-state index in [4.69, 9.17) is 11.6 Å². The average molecular weight is 217 g/mol. The van der Waals surface area contributed by atoms with Crippen LogP contribution in [0.5, 0.6) is 0 Å². The number of aromatic nitrogens is 1. The largest absolute Gasteiger partial charge is 0.310 e. The third-order valence-electron chi connectivity index (χ3n) is 1.26. The molecule has 3 nitrogen and oxygen atoms in total. The van der Waals surface area contributed by atoms with Gasteiger partial charge in [0.1, 0.15) is 5.82 Å². The Morgan fingerprint density at radius 3 is 3.15 bits per heavy atom. The highest BCUT2D eigenvalue weighted by Gasteiger charge is 2.01. The molecule has 13 heavy (non-hydrogen) atoms. The maximum Gasteiger partial charge on any atom is 0.235 e. The average Bonchev–Trinajstić information content (AvgIpc) is 2.04. The summed E-state index contributed by atoms with van der Waals surface area (Å²) in [6, 6.07) is 3.27. The van der Waals surface area contributed by atoms with Crippen molar-refractivity contribution in [3.05, 3.63) is 23.4 Å². The van der Waals surface area contributed by atoms with Crippen LogP contribution in [-0.4, -0.2) is 22.9 Å². The van der Waals surface area contributed by atoms with Gasteiger partial charge in [-0.05, 0) is 18.4 Å². The first-order valence-corrected chi connectivity index (χ1v) is 5.40. The number of thioether (sulfide) groups is 1. The van der Waals surface area contributed by atoms with Gasteiger partial charge in [-0.3, -0.25) is 4.79 Å². The predicted molar refractivity (Wildman–Crippen MR) is 56.3 cm³/mol. The maximum atomic E-state index is 11.1. The number of hydrogen-bond acceptors (Lipinski definition) is 3. The summed E-state index contributed by atoms with van der Waals surface area (Å²) in [6.45, 7) is 0. The number of rotatable bonds is 3. The number of amides is 1. The number of hydrogen-bond donors (Lipinski definition) is 1. The second kappa shape index (κ2) is 5.09. The van der Waals surface area contributed by atoms with E-state index in [1.807, 2.05) is 6.26 Å². The van der Waals surface area contributed by atoms with Gasteiger partial charge in [0.15, 0.2) is 0 Å². The Labute approximate surface area is 85.9 Å². The minimum absolute atomic E-state index is 0.0673. The molecule has 1 heterocycles. The molecule has 70 valence electrons. The van der Waals surface area contributed by atoms with Crippen molar-refractivity contribution in [2.24, 2.45) is 0 Å². The lowest BCUT2D eigenvalue weighted by Gasteiger charge is -2.02. The van der Waals surface area contributed by atoms with Crippen LogP contribution < -0.4 is 5.32 Å². The molecule has 1 aromatic rings. The summed E-state index contributed by atoms with van der Waals surface area (Å²) >= 11 is 7.17. The molecule has 0 saturated heterocycles. The van der Waals surface area contributed by atoms with E-state index < -0.39 is 0 Å². The molecule has 1 rings (SSSR count). The van der Waals surface area contributed by atoms with Crippen LogP contribution in [0.15, 0.2) is 18.3 Å². The molecule has 0 radical (unpaired) electrons. The molecule has 1 amide bonds. The zero-order chi connectivity index (χ0) is 9.68. The van der Waals surface area contributed by atoms with Gasteiger partial charge in [-0.1, -0.05) is 11.6 Å². The first-order valence-electron chi connectivity index (χ1n) is 3.62. The molecule has 0 bridgehead atoms. The van der Waals surface area contributed by atoms with E-state index in [0.717, 1.165) is 0 Å². The first-order chi connectivity index (χ1) is 6.22. The van der Waals surface area contributed by atoms with E-state index in [1.54, 1.807) is 18.3 Å². The lowest BCUT2D eigenvalue weighted by molar-refractivity contribution is -0.113. The second-order valence-electron chi connectivity index (χ2n) is 2.34. The van der Waals surface area contributed by atoms with Crippen LogP contribution in [0.25, 0.3) is 0 Å². The molecular formula is C8H9ClN2OS. The van der Waals surface area contributed by atoms with E-state index in [2.05, 4.69) is 10.3 Å². The Morgan fingerprint density at radius 2 is 2.54 bits per heavy atom. The van der Waals surface area contributed by atoms with E-state index >= 15 is 0 Å². The summed E-state index contributed by atoms with van der Waals surface area (Å²) in [6.07, 6.45) is 3.42. The van der Waals surface area contributed by atoms with Crippen molar-refractivity contribution >= 4 is 35.1 Å². The maximum absolute atomic E-state index is 11.1. The Kier molecular flexibility index (Phi) is 4.05. The number of nitrogens with zero attached hydrogens (tertiary/aromatic N) is 1. The van der Waals surface area contributed by atoms with Crippen LogP contribution >= 0.6 is 23.4 Å². The molecule has 0 aliphatic carbocycles. The molecule has 0 spiro atoms. The van der Waals surface area contributed by atoms with Gasteiger partial charge < -0.3 is 5.32 Å². The van der Waals surface area contributed by atoms with E-state index in [9.17, 15) is 4.79 Å². The number of anilines is 1. The van der Waals surface area contributed by atoms with Crippen LogP contribution in [0.1, 0.15) is 0 Å². The molecule has 1 N–H and O–H groups in total. The van der Waals surface area contributed by atoms with Crippen molar-refractivity contribution in [2.45, 2.75) is 0 Å². The third-order valence-corrected chi connectivity index (χ3v) is 2.05. The molecule has 0 atom stereocenters. The number of pyridine rings is 1. The number of nitrogens with one attached hydrogen (secondary N) is 1. The zero-order valence-electron chi connectivity index (χ0n) is 7.08. The molecule has 0 unspecified atom stereocenters. The van der Waals surface area contributed by atoms with Crippen LogP contribution in [0.2, 0.25) is 5.02 Å². The Hall–Kier alpha value is -0.740. The molecule has 0 aliphatic heterocycles. The first kappa shape index (κ1) is 10.3. The molecular weight excluding hydrogens is 208 g/mol. The van der Waals surface area contributed by atoms with Gasteiger partial charge in [0.2, 0.25) is 5.91 Å². The second-order valence-corrected chi connectivity index (χ2v) is 3.64. The minimum Gasteiger partial charge on any atom is -0.310 e. The van der Waals surface area contributed by atoms with Crippen molar-refractivity contribution in [1.29, 1.82) is 0 Å². The molecule has 0 saturated carbocycles. The van der Waals surface area contributed by atoms with Gasteiger partial charge in [-0.15, -0.1) is 0 Å². The van der Waals surface area contributed by atoms with E-state index in [0.29, 0.717) is 16.6 Å². The van der Waals surface area contributed by atoms with E-state index in [1.165, 1.54) is 11.8 Å². The summed E-state index contributed by atoms with van der Waals surface area (Å²) in [4.78, 5) is 15.0. The summed E-state index contributed by atoms with van der Waals surface area (Å²) in [5, 5.41) is 3.19. The topological polar surface area (TPSA) is 42.0 Å². The van der Waals surface area contributed by atoms with Gasteiger partial charge in [0.25, 0.3) is 0 Å². The third kappa shape index (κ3) is 3.65. The lowest BCUT2D eigenvalue weighted by Crippen LogP contribution is -2.14. The fourth-order valence-corrected chi connectivity index (χ4v) is 1.28. The van der Waals surface area contributed by atoms with Crippen molar-refractivity contribution in [1.82, 2.24) is 4.98 Å². The molecule has 0 aromatic carbocycles. The monoisotopic (exact) mass is 216 g/mol. The van der Waals surface area contributed by atoms with Crippen LogP contribution in [0, 0.1) is 0 Å². The molecule has 0 aliphatic rings. The molecule has 0 fully saturated rings. The van der Waals surface area contributed by atoms with Crippen LogP contribution in [-0.2, 0) is 4.79 Å². The number of carbonyl (C=O) groups excluding carboxylic acids is 1. The van der Waals surface area contributed by atoms with E-state index in [-0.39, 0.29) is 5.91 Å². The van der Waals surface area contributed by atoms with Gasteiger partial charge in [-0.2, -0.15) is 11.8 Å². The smallest absolute Gasteiger partial charge is 0.235 e. The van der Waals surface area contributed by atoms with Crippen molar-refractivity contribution in [3.8, 4) is 0 Å². The van der Waals surface area contributed by atoms with Crippen molar-refractivity contribution in [2.75, 3.05) is 17.3 Å². The summed E-state index contributed by atoms with van der Waals surface area (Å²) in [7, 11) is 0. The fraction of sp³-hybridized carbons (Fsp3) is 0.250. The van der Waals surface area contributed by atoms with Crippen LogP contribution in [0.4, 0.5) is 5.82 Å². The minimum atomic E-state index is -0.0673. The normalized spacial score (nSPS) is 9.69. The standard InChI is InChI=1S/C8H9ClN2OS/c1-13-5-8(12)11-7-4-6(9)2-3-10-7/h2-4H,5H2,1H3,(H,10,11,12). The molecule has 1 aromatic heterocycles. The molecule has 5 heteroatoms. The fourth-order valence-electron chi connectivity index (χ4n) is 0.783. The highest BCUT2D eigenvalue weighted by atomic mass is 35.5. The Morgan fingerprint density at radius 1 is 1.77 bits per heavy atom. The van der Waals surface area contributed by atoms with Gasteiger partial charge in [0.05, 0.1) is 5.75 Å². The summed E-state index contributed by atoms with van der Waals surface area (Å²) in [5.41, 5.74) is 0. The number of carbonyl (C=O) groups is 1. The van der Waals surface area contributed by atoms with Gasteiger partial charge >= 0.3 is 0 Å². The summed E-state index contributed by atoms with van der Waals surface area (Å²) < 4.78 is 0. The Balaban J connectivity index is 2.58. The SMILES string of the molecule is CSCC(=O)Nc1cc(Cl)ccn1. The predicted octanol–water partition coefficient (Wildman–Crippen LogP) is 2.04. The lowest BCUT2D eigenvalue weighted by atomic mass is 10.4. The highest BCUT2D eigenvalue weighted by Crippen LogP contribution is 2.11. The Bertz CT molecular complexity index is 306. The highest BCUT2D eigenvalue weighted by molar-refractivity contribution is 7.99. The summed E-state index contributed by atoms with van der Waals surface area (Å²) in [5.74, 6) is 0.850. The van der Waals surface area contributed by atoms with Crippen LogP contribution in [0.3, 0.4) is 0 Å². The zero-order valence-corrected chi connectivity index (χ0v) is 8.65.